The maximum Gasteiger partial charge on any atom is 0.416 e. The van der Waals surface area contributed by atoms with Crippen molar-refractivity contribution in [1.29, 1.82) is 0 Å². The van der Waals surface area contributed by atoms with Crippen LogP contribution in [0.15, 0.2) is 74.9 Å². The number of hydrogen-bond acceptors (Lipinski definition) is 4. The SMILES string of the molecule is CC(=O)[C@H](C)n1c(=O)c(-c2ccnn2-c2ccc(Br)cc2)c(C)n(-c2cccc(C(F)(F)F)c2)c1=O. The molecule has 0 radical (unpaired) electrons. The van der Waals surface area contributed by atoms with Crippen molar-refractivity contribution in [1.82, 2.24) is 18.9 Å². The fourth-order valence-electron chi connectivity index (χ4n) is 3.95. The average molecular weight is 561 g/mol. The van der Waals surface area contributed by atoms with E-state index in [1.54, 1.807) is 30.3 Å². The third-order valence-electron chi connectivity index (χ3n) is 5.90. The lowest BCUT2D eigenvalue weighted by Crippen LogP contribution is -2.44. The van der Waals surface area contributed by atoms with E-state index in [1.807, 2.05) is 0 Å². The fourth-order valence-corrected chi connectivity index (χ4v) is 4.21. The van der Waals surface area contributed by atoms with Crippen LogP contribution in [0.4, 0.5) is 13.2 Å². The van der Waals surface area contributed by atoms with E-state index >= 15 is 0 Å². The molecule has 2 heterocycles. The predicted octanol–water partition coefficient (Wildman–Crippen LogP) is 5.09. The first-order valence-corrected chi connectivity index (χ1v) is 11.6. The number of halogens is 4. The smallest absolute Gasteiger partial charge is 0.298 e. The first-order valence-electron chi connectivity index (χ1n) is 10.8. The highest BCUT2D eigenvalue weighted by Crippen LogP contribution is 2.31. The first-order chi connectivity index (χ1) is 16.9. The number of Topliss-reactive ketones (excluding diaryl/α,β-unsaturated/α-hetero) is 1. The monoisotopic (exact) mass is 560 g/mol. The van der Waals surface area contributed by atoms with E-state index in [4.69, 9.17) is 0 Å². The molecule has 186 valence electrons. The van der Waals surface area contributed by atoms with Gasteiger partial charge < -0.3 is 0 Å². The standard InChI is InChI=1S/C25H20BrF3N4O3/c1-14(16(3)34)32-23(35)22(21-11-12-30-33(21)19-9-7-18(26)8-10-19)15(2)31(24(32)36)20-6-4-5-17(13-20)25(27,28)29/h4-14H,1-3H3/t14-/m0/s1. The predicted molar refractivity (Wildman–Crippen MR) is 132 cm³/mol. The van der Waals surface area contributed by atoms with Crippen LogP contribution in [0, 0.1) is 6.92 Å². The number of carbonyl (C=O) groups is 1. The molecule has 0 spiro atoms. The van der Waals surface area contributed by atoms with E-state index in [9.17, 15) is 27.6 Å². The molecule has 2 aromatic carbocycles. The van der Waals surface area contributed by atoms with Crippen LogP contribution in [-0.4, -0.2) is 24.7 Å². The largest absolute Gasteiger partial charge is 0.416 e. The molecule has 11 heteroatoms. The normalized spacial score (nSPS) is 12.5. The van der Waals surface area contributed by atoms with Crippen LogP contribution in [0.3, 0.4) is 0 Å². The van der Waals surface area contributed by atoms with Gasteiger partial charge >= 0.3 is 11.9 Å². The number of rotatable bonds is 5. The Morgan fingerprint density at radius 3 is 2.31 bits per heavy atom. The van der Waals surface area contributed by atoms with E-state index in [0.717, 1.165) is 25.7 Å². The van der Waals surface area contributed by atoms with Gasteiger partial charge in [-0.2, -0.15) is 18.3 Å². The van der Waals surface area contributed by atoms with Gasteiger partial charge in [-0.15, -0.1) is 0 Å². The summed E-state index contributed by atoms with van der Waals surface area (Å²) in [4.78, 5) is 39.4. The Labute approximate surface area is 211 Å². The van der Waals surface area contributed by atoms with E-state index in [-0.39, 0.29) is 16.9 Å². The molecule has 7 nitrogen and oxygen atoms in total. The first kappa shape index (κ1) is 25.4. The Morgan fingerprint density at radius 2 is 1.69 bits per heavy atom. The van der Waals surface area contributed by atoms with Crippen LogP contribution in [0.25, 0.3) is 22.6 Å². The number of ketones is 1. The van der Waals surface area contributed by atoms with Gasteiger partial charge in [0.05, 0.1) is 40.4 Å². The second-order valence-electron chi connectivity index (χ2n) is 8.19. The summed E-state index contributed by atoms with van der Waals surface area (Å²) < 4.78 is 44.4. The van der Waals surface area contributed by atoms with Crippen molar-refractivity contribution in [2.45, 2.75) is 33.0 Å². The molecular weight excluding hydrogens is 541 g/mol. The fraction of sp³-hybridized carbons (Fsp3) is 0.200. The molecular formula is C25H20BrF3N4O3. The van der Waals surface area contributed by atoms with E-state index in [1.165, 1.54) is 43.8 Å². The second-order valence-corrected chi connectivity index (χ2v) is 9.11. The number of aromatic nitrogens is 4. The molecule has 0 unspecified atom stereocenters. The highest BCUT2D eigenvalue weighted by atomic mass is 79.9. The summed E-state index contributed by atoms with van der Waals surface area (Å²) in [7, 11) is 0. The lowest BCUT2D eigenvalue weighted by atomic mass is 10.1. The van der Waals surface area contributed by atoms with Crippen molar-refractivity contribution < 1.29 is 18.0 Å². The summed E-state index contributed by atoms with van der Waals surface area (Å²) >= 11 is 3.36. The molecule has 4 rings (SSSR count). The maximum absolute atomic E-state index is 13.7. The molecule has 0 fully saturated rings. The van der Waals surface area contributed by atoms with Crippen LogP contribution < -0.4 is 11.2 Å². The molecule has 36 heavy (non-hydrogen) atoms. The van der Waals surface area contributed by atoms with Crippen molar-refractivity contribution in [3.63, 3.8) is 0 Å². The maximum atomic E-state index is 13.7. The van der Waals surface area contributed by atoms with Crippen LogP contribution >= 0.6 is 15.9 Å². The number of carbonyl (C=O) groups excluding carboxylic acids is 1. The van der Waals surface area contributed by atoms with Gasteiger partial charge in [0.15, 0.2) is 5.78 Å². The van der Waals surface area contributed by atoms with Gasteiger partial charge in [0.1, 0.15) is 0 Å². The third kappa shape index (κ3) is 4.46. The third-order valence-corrected chi connectivity index (χ3v) is 6.43. The Bertz CT molecular complexity index is 1580. The molecule has 0 bridgehead atoms. The average Bonchev–Trinajstić information content (AvgIpc) is 3.28. The zero-order valence-electron chi connectivity index (χ0n) is 19.4. The molecule has 0 saturated carbocycles. The second kappa shape index (κ2) is 9.38. The molecule has 2 aromatic heterocycles. The van der Waals surface area contributed by atoms with Gasteiger partial charge in [-0.3, -0.25) is 14.2 Å². The molecule has 0 aliphatic carbocycles. The summed E-state index contributed by atoms with van der Waals surface area (Å²) in [5, 5.41) is 4.31. The number of benzene rings is 2. The Kier molecular flexibility index (Phi) is 6.61. The minimum Gasteiger partial charge on any atom is -0.298 e. The minimum absolute atomic E-state index is 0.0283. The Hall–Kier alpha value is -3.73. The zero-order chi connectivity index (χ0) is 26.4. The summed E-state index contributed by atoms with van der Waals surface area (Å²) in [5.74, 6) is -0.457. The highest BCUT2D eigenvalue weighted by molar-refractivity contribution is 9.10. The Morgan fingerprint density at radius 1 is 1.03 bits per heavy atom. The molecule has 0 N–H and O–H groups in total. The van der Waals surface area contributed by atoms with Crippen molar-refractivity contribution in [3.8, 4) is 22.6 Å². The van der Waals surface area contributed by atoms with Crippen LogP contribution in [-0.2, 0) is 11.0 Å². The molecule has 1 atom stereocenters. The van der Waals surface area contributed by atoms with Crippen molar-refractivity contribution in [3.05, 3.63) is 97.4 Å². The number of alkyl halides is 3. The summed E-state index contributed by atoms with van der Waals surface area (Å²) in [6.07, 6.45) is -3.17. The lowest BCUT2D eigenvalue weighted by Gasteiger charge is -2.21. The number of nitrogens with zero attached hydrogens (tertiary/aromatic N) is 4. The van der Waals surface area contributed by atoms with Crippen LogP contribution in [0.5, 0.6) is 0 Å². The quantitative estimate of drug-likeness (QED) is 0.340. The number of hydrogen-bond donors (Lipinski definition) is 0. The van der Waals surface area contributed by atoms with Crippen LogP contribution in [0.1, 0.15) is 31.1 Å². The zero-order valence-corrected chi connectivity index (χ0v) is 21.0. The summed E-state index contributed by atoms with van der Waals surface area (Å²) in [6, 6.07) is 11.7. The van der Waals surface area contributed by atoms with Crippen molar-refractivity contribution in [2.75, 3.05) is 0 Å². The van der Waals surface area contributed by atoms with Gasteiger partial charge in [-0.25, -0.2) is 14.0 Å². The minimum atomic E-state index is -4.64. The molecule has 0 amide bonds. The van der Waals surface area contributed by atoms with Crippen molar-refractivity contribution >= 4 is 21.7 Å². The summed E-state index contributed by atoms with van der Waals surface area (Å²) in [6.45, 7) is 4.10. The van der Waals surface area contributed by atoms with Gasteiger partial charge in [-0.05, 0) is 69.3 Å². The van der Waals surface area contributed by atoms with E-state index in [0.29, 0.717) is 11.4 Å². The van der Waals surface area contributed by atoms with Crippen LogP contribution in [0.2, 0.25) is 0 Å². The van der Waals surface area contributed by atoms with E-state index < -0.39 is 34.8 Å². The van der Waals surface area contributed by atoms with E-state index in [2.05, 4.69) is 21.0 Å². The summed E-state index contributed by atoms with van der Waals surface area (Å²) in [5.41, 5.74) is -1.65. The van der Waals surface area contributed by atoms with Gasteiger partial charge in [0.25, 0.3) is 5.56 Å². The molecule has 0 aliphatic rings. The molecule has 0 saturated heterocycles. The highest BCUT2D eigenvalue weighted by Gasteiger charge is 2.31. The van der Waals surface area contributed by atoms with Gasteiger partial charge in [-0.1, -0.05) is 22.0 Å². The molecule has 4 aromatic rings. The van der Waals surface area contributed by atoms with Gasteiger partial charge in [0, 0.05) is 10.2 Å². The van der Waals surface area contributed by atoms with Crippen molar-refractivity contribution in [2.24, 2.45) is 0 Å². The Balaban J connectivity index is 2.09. The lowest BCUT2D eigenvalue weighted by molar-refractivity contribution is -0.137. The van der Waals surface area contributed by atoms with Gasteiger partial charge in [0.2, 0.25) is 0 Å². The topological polar surface area (TPSA) is 78.9 Å². The molecule has 0 aliphatic heterocycles.